The molecule has 1 fully saturated rings. The average Bonchev–Trinajstić information content (AvgIpc) is 3.05. The topological polar surface area (TPSA) is 115 Å². The van der Waals surface area contributed by atoms with Crippen molar-refractivity contribution in [2.24, 2.45) is 0 Å². The van der Waals surface area contributed by atoms with E-state index in [1.165, 1.54) is 31.3 Å². The van der Waals surface area contributed by atoms with Gasteiger partial charge in [-0.2, -0.15) is 13.2 Å². The summed E-state index contributed by atoms with van der Waals surface area (Å²) < 4.78 is 63.0. The van der Waals surface area contributed by atoms with Gasteiger partial charge in [0.05, 0.1) is 25.8 Å². The molecular weight excluding hydrogens is 607 g/mol. The van der Waals surface area contributed by atoms with Crippen LogP contribution in [0.1, 0.15) is 39.9 Å². The number of carbonyl (C=O) groups excluding carboxylic acids is 3. The number of ether oxygens (including phenoxy) is 4. The van der Waals surface area contributed by atoms with Crippen molar-refractivity contribution in [2.75, 3.05) is 33.9 Å². The van der Waals surface area contributed by atoms with Crippen molar-refractivity contribution in [1.82, 2.24) is 15.5 Å². The van der Waals surface area contributed by atoms with Crippen LogP contribution in [0.25, 0.3) is 0 Å². The summed E-state index contributed by atoms with van der Waals surface area (Å²) in [5, 5.41) is 5.79. The standard InChI is InChI=1S/C33H34F3N3O7/c1-43-27-10-6-20-7-11-30(40)37-17-22-8-9-24(16-28(22)44-2)46-26-12-13-39(18-25(26)38-31(41)19-45-29(27)14-20)32(42)21-4-3-5-23(15-21)33(34,35)36/h3-6,8-10,14-16,25-26H,7,11-13,17-19H2,1-2H3,(H,37,40)(H,38,41)/t25-,26+/m1/s1. The summed E-state index contributed by atoms with van der Waals surface area (Å²) >= 11 is 0. The monoisotopic (exact) mass is 641 g/mol. The van der Waals surface area contributed by atoms with E-state index in [0.717, 1.165) is 23.3 Å². The molecule has 3 amide bonds. The minimum absolute atomic E-state index is 0.0223. The molecule has 3 aliphatic rings. The highest BCUT2D eigenvalue weighted by Gasteiger charge is 2.36. The SMILES string of the molecule is COc1cc2ccc1CNC(=O)CCc1ccc(OC)c(c1)OCC(=O)N[C@@H]1CN(C(=O)c3cccc(C(F)(F)F)c3)CC[C@@H]1O2. The first kappa shape index (κ1) is 32.5. The highest BCUT2D eigenvalue weighted by atomic mass is 19.4. The predicted octanol–water partition coefficient (Wildman–Crippen LogP) is 4.14. The van der Waals surface area contributed by atoms with Gasteiger partial charge in [-0.3, -0.25) is 14.4 Å². The number of halogens is 3. The summed E-state index contributed by atoms with van der Waals surface area (Å²) in [6.45, 7) is -0.0129. The molecule has 0 saturated carbocycles. The molecule has 3 aliphatic heterocycles. The maximum atomic E-state index is 13.3. The van der Waals surface area contributed by atoms with Gasteiger partial charge in [-0.25, -0.2) is 0 Å². The second-order valence-electron chi connectivity index (χ2n) is 11.0. The molecule has 0 unspecified atom stereocenters. The summed E-state index contributed by atoms with van der Waals surface area (Å²) in [4.78, 5) is 40.6. The number of hydrogen-bond donors (Lipinski definition) is 2. The van der Waals surface area contributed by atoms with Crippen molar-refractivity contribution in [3.63, 3.8) is 0 Å². The maximum absolute atomic E-state index is 13.3. The molecule has 3 heterocycles. The molecule has 0 aromatic heterocycles. The second-order valence-corrected chi connectivity index (χ2v) is 11.0. The van der Waals surface area contributed by atoms with Gasteiger partial charge in [0.1, 0.15) is 17.6 Å². The third-order valence-corrected chi connectivity index (χ3v) is 7.87. The van der Waals surface area contributed by atoms with Gasteiger partial charge in [-0.1, -0.05) is 12.1 Å². The van der Waals surface area contributed by atoms with Crippen LogP contribution < -0.4 is 29.6 Å². The van der Waals surface area contributed by atoms with E-state index >= 15 is 0 Å². The highest BCUT2D eigenvalue weighted by Crippen LogP contribution is 2.32. The van der Waals surface area contributed by atoms with Crippen LogP contribution >= 0.6 is 0 Å². The molecule has 13 heteroatoms. The van der Waals surface area contributed by atoms with E-state index in [0.29, 0.717) is 29.4 Å². The number of rotatable bonds is 3. The Labute approximate surface area is 263 Å². The Morgan fingerprint density at radius 2 is 1.76 bits per heavy atom. The maximum Gasteiger partial charge on any atom is 0.416 e. The van der Waals surface area contributed by atoms with Gasteiger partial charge in [-0.05, 0) is 54.4 Å². The van der Waals surface area contributed by atoms with Crippen LogP contribution in [0.5, 0.6) is 23.0 Å². The van der Waals surface area contributed by atoms with E-state index in [4.69, 9.17) is 18.9 Å². The second kappa shape index (κ2) is 14.0. The molecule has 244 valence electrons. The molecule has 0 spiro atoms. The number of fused-ring (bicyclic) bond motifs is 9. The zero-order valence-corrected chi connectivity index (χ0v) is 25.3. The molecular formula is C33H34F3N3O7. The van der Waals surface area contributed by atoms with E-state index in [9.17, 15) is 27.6 Å². The molecule has 1 saturated heterocycles. The van der Waals surface area contributed by atoms with Crippen molar-refractivity contribution in [3.8, 4) is 23.0 Å². The van der Waals surface area contributed by atoms with E-state index in [2.05, 4.69) is 10.6 Å². The van der Waals surface area contributed by atoms with Crippen molar-refractivity contribution >= 4 is 17.7 Å². The number of methoxy groups -OCH3 is 2. The van der Waals surface area contributed by atoms with Crippen LogP contribution in [-0.2, 0) is 28.7 Å². The zero-order valence-electron chi connectivity index (χ0n) is 25.3. The fourth-order valence-electron chi connectivity index (χ4n) is 5.45. The lowest BCUT2D eigenvalue weighted by molar-refractivity contribution is -0.137. The van der Waals surface area contributed by atoms with Gasteiger partial charge < -0.3 is 34.5 Å². The van der Waals surface area contributed by atoms with Crippen molar-refractivity contribution < 1.29 is 46.5 Å². The minimum atomic E-state index is -4.60. The molecule has 2 atom stereocenters. The number of likely N-dealkylation sites (tertiary alicyclic amines) is 1. The van der Waals surface area contributed by atoms with Crippen molar-refractivity contribution in [3.05, 3.63) is 82.9 Å². The zero-order chi connectivity index (χ0) is 32.8. The quantitative estimate of drug-likeness (QED) is 0.442. The highest BCUT2D eigenvalue weighted by molar-refractivity contribution is 5.94. The number of hydrogen-bond acceptors (Lipinski definition) is 7. The number of nitrogens with zero attached hydrogens (tertiary/aromatic N) is 1. The number of benzene rings is 3. The van der Waals surface area contributed by atoms with Gasteiger partial charge in [-0.15, -0.1) is 0 Å². The number of amides is 3. The molecule has 2 N–H and O–H groups in total. The lowest BCUT2D eigenvalue weighted by Crippen LogP contribution is -2.58. The average molecular weight is 642 g/mol. The van der Waals surface area contributed by atoms with E-state index in [1.807, 2.05) is 6.07 Å². The Kier molecular flexibility index (Phi) is 9.88. The Balaban J connectivity index is 1.42. The largest absolute Gasteiger partial charge is 0.496 e. The summed E-state index contributed by atoms with van der Waals surface area (Å²) in [5.74, 6) is 0.369. The Morgan fingerprint density at radius 3 is 2.52 bits per heavy atom. The van der Waals surface area contributed by atoms with Crippen LogP contribution in [0.2, 0.25) is 0 Å². The molecule has 46 heavy (non-hydrogen) atoms. The third-order valence-electron chi connectivity index (χ3n) is 7.87. The van der Waals surface area contributed by atoms with Gasteiger partial charge in [0.25, 0.3) is 11.8 Å². The molecule has 0 radical (unpaired) electrons. The van der Waals surface area contributed by atoms with Gasteiger partial charge >= 0.3 is 6.18 Å². The molecule has 10 nitrogen and oxygen atoms in total. The summed E-state index contributed by atoms with van der Waals surface area (Å²) in [6.07, 6.45) is -4.30. The fraction of sp³-hybridized carbons (Fsp3) is 0.364. The van der Waals surface area contributed by atoms with Crippen molar-refractivity contribution in [2.45, 2.75) is 44.1 Å². The van der Waals surface area contributed by atoms with Crippen molar-refractivity contribution in [1.29, 1.82) is 0 Å². The summed E-state index contributed by atoms with van der Waals surface area (Å²) in [6, 6.07) is 13.9. The number of aryl methyl sites for hydroxylation is 1. The number of piperidine rings is 1. The first-order valence-corrected chi connectivity index (χ1v) is 14.7. The number of alkyl halides is 3. The number of nitrogens with one attached hydrogen (secondary N) is 2. The molecule has 3 aromatic carbocycles. The molecule has 4 bridgehead atoms. The third kappa shape index (κ3) is 7.82. The lowest BCUT2D eigenvalue weighted by Gasteiger charge is -2.39. The lowest BCUT2D eigenvalue weighted by atomic mass is 10.00. The van der Waals surface area contributed by atoms with Crippen LogP contribution in [-0.4, -0.2) is 68.7 Å². The first-order valence-electron chi connectivity index (χ1n) is 14.7. The first-order chi connectivity index (χ1) is 22.0. The smallest absolute Gasteiger partial charge is 0.416 e. The summed E-state index contributed by atoms with van der Waals surface area (Å²) in [5.41, 5.74) is 0.494. The van der Waals surface area contributed by atoms with Crippen LogP contribution in [0.4, 0.5) is 13.2 Å². The van der Waals surface area contributed by atoms with Crippen LogP contribution in [0.15, 0.2) is 60.7 Å². The van der Waals surface area contributed by atoms with Crippen LogP contribution in [0, 0.1) is 0 Å². The van der Waals surface area contributed by atoms with Gasteiger partial charge in [0.2, 0.25) is 5.91 Å². The van der Waals surface area contributed by atoms with E-state index in [1.54, 1.807) is 30.3 Å². The normalized spacial score (nSPS) is 19.2. The van der Waals surface area contributed by atoms with Gasteiger partial charge in [0, 0.05) is 49.7 Å². The van der Waals surface area contributed by atoms with Crippen LogP contribution in [0.3, 0.4) is 0 Å². The molecule has 6 rings (SSSR count). The van der Waals surface area contributed by atoms with E-state index in [-0.39, 0.29) is 43.9 Å². The molecule has 0 aliphatic carbocycles. The molecule has 3 aromatic rings. The Morgan fingerprint density at radius 1 is 0.957 bits per heavy atom. The minimum Gasteiger partial charge on any atom is -0.496 e. The van der Waals surface area contributed by atoms with E-state index < -0.39 is 42.3 Å². The van der Waals surface area contributed by atoms with Gasteiger partial charge in [0.15, 0.2) is 18.1 Å². The Bertz CT molecular complexity index is 1600. The Hall–Kier alpha value is -4.94. The summed E-state index contributed by atoms with van der Waals surface area (Å²) in [7, 11) is 2.97. The predicted molar refractivity (Wildman–Crippen MR) is 160 cm³/mol. The number of carbonyl (C=O) groups is 3. The fourth-order valence-corrected chi connectivity index (χ4v) is 5.45.